The number of fused-ring (bicyclic) bond motifs is 2. The normalized spacial score (nSPS) is 16.7. The van der Waals surface area contributed by atoms with Crippen LogP contribution in [0.4, 0.5) is 5.69 Å². The molecule has 1 N–H and O–H groups in total. The molecule has 28 heavy (non-hydrogen) atoms. The van der Waals surface area contributed by atoms with Crippen LogP contribution in [0.15, 0.2) is 12.1 Å². The number of methoxy groups -OCH3 is 1. The Morgan fingerprint density at radius 2 is 1.93 bits per heavy atom. The number of nitrogens with one attached hydrogen (secondary N) is 1. The first kappa shape index (κ1) is 19.3. The highest BCUT2D eigenvalue weighted by molar-refractivity contribution is 5.96. The molecule has 1 aliphatic heterocycles. The molecule has 2 heterocycles. The Kier molecular flexibility index (Phi) is 5.90. The van der Waals surface area contributed by atoms with Crippen molar-refractivity contribution >= 4 is 16.6 Å². The van der Waals surface area contributed by atoms with Gasteiger partial charge in [-0.2, -0.15) is 0 Å². The monoisotopic (exact) mass is 383 g/mol. The summed E-state index contributed by atoms with van der Waals surface area (Å²) >= 11 is 0. The van der Waals surface area contributed by atoms with Crippen molar-refractivity contribution in [2.75, 3.05) is 38.7 Å². The number of anilines is 1. The maximum Gasteiger partial charge on any atom is 0.163 e. The average molecular weight is 384 g/mol. The van der Waals surface area contributed by atoms with Gasteiger partial charge in [0.2, 0.25) is 0 Å². The number of aryl methyl sites for hydroxylation is 1. The molecule has 1 aromatic carbocycles. The van der Waals surface area contributed by atoms with Crippen LogP contribution in [0, 0.1) is 0 Å². The largest absolute Gasteiger partial charge is 0.493 e. The molecule has 5 nitrogen and oxygen atoms in total. The van der Waals surface area contributed by atoms with Crippen molar-refractivity contribution in [3.05, 3.63) is 23.4 Å². The second kappa shape index (κ2) is 8.56. The minimum absolute atomic E-state index is 0.378. The summed E-state index contributed by atoms with van der Waals surface area (Å²) in [4.78, 5) is 7.49. The molecule has 4 rings (SSSR count). The van der Waals surface area contributed by atoms with Crippen LogP contribution in [0.1, 0.15) is 50.8 Å². The third-order valence-electron chi connectivity index (χ3n) is 5.81. The third kappa shape index (κ3) is 4.04. The maximum absolute atomic E-state index is 6.12. The van der Waals surface area contributed by atoms with Gasteiger partial charge in [-0.1, -0.05) is 0 Å². The van der Waals surface area contributed by atoms with Crippen LogP contribution < -0.4 is 14.8 Å². The number of ether oxygens (including phenoxy) is 2. The van der Waals surface area contributed by atoms with Crippen molar-refractivity contribution < 1.29 is 9.47 Å². The van der Waals surface area contributed by atoms with Gasteiger partial charge in [0.15, 0.2) is 11.5 Å². The fourth-order valence-corrected chi connectivity index (χ4v) is 4.47. The molecule has 1 fully saturated rings. The van der Waals surface area contributed by atoms with E-state index in [1.165, 1.54) is 49.3 Å². The summed E-state index contributed by atoms with van der Waals surface area (Å²) in [6.07, 6.45) is 7.06. The highest BCUT2D eigenvalue weighted by Crippen LogP contribution is 2.39. The van der Waals surface area contributed by atoms with E-state index in [-0.39, 0.29) is 0 Å². The van der Waals surface area contributed by atoms with Gasteiger partial charge in [0.1, 0.15) is 0 Å². The predicted octanol–water partition coefficient (Wildman–Crippen LogP) is 4.42. The van der Waals surface area contributed by atoms with Crippen LogP contribution in [0.25, 0.3) is 10.9 Å². The molecule has 1 aliphatic carbocycles. The topological polar surface area (TPSA) is 46.6 Å². The van der Waals surface area contributed by atoms with Crippen molar-refractivity contribution in [1.29, 1.82) is 0 Å². The number of benzene rings is 1. The Morgan fingerprint density at radius 1 is 1.11 bits per heavy atom. The van der Waals surface area contributed by atoms with Gasteiger partial charge in [-0.25, -0.2) is 0 Å². The number of rotatable bonds is 8. The Balaban J connectivity index is 1.58. The van der Waals surface area contributed by atoms with Crippen LogP contribution in [0.2, 0.25) is 0 Å². The number of nitrogens with zero attached hydrogens (tertiary/aromatic N) is 2. The minimum atomic E-state index is 0.378. The average Bonchev–Trinajstić information content (AvgIpc) is 3.35. The van der Waals surface area contributed by atoms with Gasteiger partial charge in [-0.3, -0.25) is 4.98 Å². The molecule has 0 amide bonds. The maximum atomic E-state index is 6.12. The smallest absolute Gasteiger partial charge is 0.163 e. The number of hydrogen-bond donors (Lipinski definition) is 1. The second-order valence-corrected chi connectivity index (χ2v) is 8.34. The lowest BCUT2D eigenvalue weighted by Gasteiger charge is -2.19. The zero-order valence-electron chi connectivity index (χ0n) is 17.5. The van der Waals surface area contributed by atoms with E-state index < -0.39 is 0 Å². The molecular weight excluding hydrogens is 350 g/mol. The standard InChI is InChI=1S/C23H33N3O2/c1-16(2)24-23-17-8-6-9-19(17)25-20-15-22(21(27-3)14-18(20)23)28-13-7-12-26-10-4-5-11-26/h14-16H,4-13H2,1-3H3,(H,24,25). The van der Waals surface area contributed by atoms with Crippen LogP contribution in [0.5, 0.6) is 11.5 Å². The van der Waals surface area contributed by atoms with Crippen molar-refractivity contribution in [2.45, 2.75) is 58.4 Å². The molecule has 1 aromatic heterocycles. The van der Waals surface area contributed by atoms with Crippen molar-refractivity contribution in [2.24, 2.45) is 0 Å². The number of pyridine rings is 1. The zero-order chi connectivity index (χ0) is 19.5. The summed E-state index contributed by atoms with van der Waals surface area (Å²) < 4.78 is 11.8. The molecule has 0 radical (unpaired) electrons. The molecule has 152 valence electrons. The van der Waals surface area contributed by atoms with Gasteiger partial charge in [-0.15, -0.1) is 0 Å². The molecule has 0 spiro atoms. The van der Waals surface area contributed by atoms with Gasteiger partial charge < -0.3 is 19.7 Å². The molecular formula is C23H33N3O2. The van der Waals surface area contributed by atoms with Crippen molar-refractivity contribution in [3.8, 4) is 11.5 Å². The van der Waals surface area contributed by atoms with E-state index >= 15 is 0 Å². The number of likely N-dealkylation sites (tertiary alicyclic amines) is 1. The van der Waals surface area contributed by atoms with E-state index in [9.17, 15) is 0 Å². The first-order valence-electron chi connectivity index (χ1n) is 10.8. The van der Waals surface area contributed by atoms with Gasteiger partial charge in [-0.05, 0) is 77.1 Å². The molecule has 2 aromatic rings. The molecule has 1 saturated heterocycles. The second-order valence-electron chi connectivity index (χ2n) is 8.34. The van der Waals surface area contributed by atoms with Gasteiger partial charge in [0.25, 0.3) is 0 Å². The van der Waals surface area contributed by atoms with E-state index in [1.54, 1.807) is 7.11 Å². The van der Waals surface area contributed by atoms with E-state index in [2.05, 4.69) is 36.2 Å². The van der Waals surface area contributed by atoms with Crippen LogP contribution >= 0.6 is 0 Å². The van der Waals surface area contributed by atoms with Crippen molar-refractivity contribution in [1.82, 2.24) is 9.88 Å². The highest BCUT2D eigenvalue weighted by Gasteiger charge is 2.22. The summed E-state index contributed by atoms with van der Waals surface area (Å²) in [5.74, 6) is 1.59. The summed E-state index contributed by atoms with van der Waals surface area (Å²) in [6.45, 7) is 8.66. The molecule has 0 atom stereocenters. The lowest BCUT2D eigenvalue weighted by atomic mass is 10.1. The van der Waals surface area contributed by atoms with E-state index in [1.807, 2.05) is 0 Å². The Hall–Kier alpha value is -2.01. The number of hydrogen-bond acceptors (Lipinski definition) is 5. The highest BCUT2D eigenvalue weighted by atomic mass is 16.5. The molecule has 0 unspecified atom stereocenters. The summed E-state index contributed by atoms with van der Waals surface area (Å²) in [7, 11) is 1.72. The first-order chi connectivity index (χ1) is 13.7. The van der Waals surface area contributed by atoms with E-state index in [4.69, 9.17) is 14.5 Å². The van der Waals surface area contributed by atoms with Crippen LogP contribution in [0.3, 0.4) is 0 Å². The lowest BCUT2D eigenvalue weighted by Crippen LogP contribution is -2.21. The van der Waals surface area contributed by atoms with E-state index in [0.29, 0.717) is 12.6 Å². The molecule has 2 aliphatic rings. The minimum Gasteiger partial charge on any atom is -0.493 e. The Morgan fingerprint density at radius 3 is 2.68 bits per heavy atom. The van der Waals surface area contributed by atoms with Crippen LogP contribution in [-0.2, 0) is 12.8 Å². The molecule has 5 heteroatoms. The lowest BCUT2D eigenvalue weighted by molar-refractivity contribution is 0.254. The molecule has 0 saturated carbocycles. The Labute approximate surface area is 168 Å². The SMILES string of the molecule is COc1cc2c(NC(C)C)c3c(nc2cc1OCCCN1CCCC1)CCC3. The molecule has 0 bridgehead atoms. The Bertz CT molecular complexity index is 828. The fraction of sp³-hybridized carbons (Fsp3) is 0.609. The third-order valence-corrected chi connectivity index (χ3v) is 5.81. The fourth-order valence-electron chi connectivity index (χ4n) is 4.47. The summed E-state index contributed by atoms with van der Waals surface area (Å²) in [5.41, 5.74) is 4.84. The quantitative estimate of drug-likeness (QED) is 0.684. The van der Waals surface area contributed by atoms with Crippen molar-refractivity contribution in [3.63, 3.8) is 0 Å². The van der Waals surface area contributed by atoms with E-state index in [0.717, 1.165) is 48.2 Å². The predicted molar refractivity (Wildman–Crippen MR) is 115 cm³/mol. The summed E-state index contributed by atoms with van der Waals surface area (Å²) in [5, 5.41) is 4.80. The van der Waals surface area contributed by atoms with Gasteiger partial charge in [0, 0.05) is 35.4 Å². The van der Waals surface area contributed by atoms with Gasteiger partial charge in [0.05, 0.1) is 19.2 Å². The number of aromatic nitrogens is 1. The summed E-state index contributed by atoms with van der Waals surface area (Å²) in [6, 6.07) is 4.54. The zero-order valence-corrected chi connectivity index (χ0v) is 17.5. The van der Waals surface area contributed by atoms with Gasteiger partial charge >= 0.3 is 0 Å². The first-order valence-corrected chi connectivity index (χ1v) is 10.8. The van der Waals surface area contributed by atoms with Crippen LogP contribution in [-0.4, -0.2) is 49.3 Å².